The second-order valence-electron chi connectivity index (χ2n) is 6.95. The first-order valence-electron chi connectivity index (χ1n) is 10.7. The van der Waals surface area contributed by atoms with Crippen LogP contribution in [0.25, 0.3) is 11.1 Å². The topological polar surface area (TPSA) is 36.9 Å². The van der Waals surface area contributed by atoms with E-state index in [4.69, 9.17) is 18.9 Å². The third-order valence-corrected chi connectivity index (χ3v) is 5.52. The number of ether oxygens (including phenoxy) is 4. The van der Waals surface area contributed by atoms with Crippen LogP contribution in [0.4, 0.5) is 0 Å². The molecule has 2 aromatic rings. The summed E-state index contributed by atoms with van der Waals surface area (Å²) in [5, 5.41) is 0. The first-order valence-corrected chi connectivity index (χ1v) is 12.3. The molecule has 0 aromatic heterocycles. The molecule has 0 aliphatic rings. The quantitative estimate of drug-likeness (QED) is 0.256. The summed E-state index contributed by atoms with van der Waals surface area (Å²) < 4.78 is 25.7. The van der Waals surface area contributed by atoms with E-state index in [2.05, 4.69) is 59.6 Å². The number of hydrogen-bond donors (Lipinski definition) is 0. The maximum absolute atomic E-state index is 6.00. The van der Waals surface area contributed by atoms with Crippen LogP contribution in [-0.2, 0) is 0 Å². The van der Waals surface area contributed by atoms with Gasteiger partial charge in [-0.15, -0.1) is 0 Å². The van der Waals surface area contributed by atoms with Crippen molar-refractivity contribution >= 4 is 31.9 Å². The van der Waals surface area contributed by atoms with Crippen LogP contribution in [0, 0.1) is 0 Å². The van der Waals surface area contributed by atoms with Crippen LogP contribution in [0.3, 0.4) is 0 Å². The maximum Gasteiger partial charge on any atom is 0.162 e. The molecule has 0 saturated carbocycles. The molecule has 0 spiro atoms. The Morgan fingerprint density at radius 1 is 0.500 bits per heavy atom. The van der Waals surface area contributed by atoms with E-state index in [1.165, 1.54) is 0 Å². The lowest BCUT2D eigenvalue weighted by Gasteiger charge is -2.18. The van der Waals surface area contributed by atoms with Gasteiger partial charge in [-0.25, -0.2) is 0 Å². The third-order valence-electron chi connectivity index (χ3n) is 4.20. The Morgan fingerprint density at radius 2 is 0.767 bits per heavy atom. The highest BCUT2D eigenvalue weighted by atomic mass is 79.9. The van der Waals surface area contributed by atoms with Crippen molar-refractivity contribution in [1.82, 2.24) is 0 Å². The summed E-state index contributed by atoms with van der Waals surface area (Å²) in [5.74, 6) is 3.00. The summed E-state index contributed by atoms with van der Waals surface area (Å²) in [6.07, 6.45) is 3.74. The van der Waals surface area contributed by atoms with Crippen LogP contribution in [0.5, 0.6) is 23.0 Å². The molecule has 0 N–H and O–H groups in total. The van der Waals surface area contributed by atoms with Gasteiger partial charge < -0.3 is 18.9 Å². The minimum Gasteiger partial charge on any atom is -0.490 e. The first-order chi connectivity index (χ1) is 14.5. The highest BCUT2D eigenvalue weighted by Gasteiger charge is 2.18. The van der Waals surface area contributed by atoms with Crippen molar-refractivity contribution in [1.29, 1.82) is 0 Å². The van der Waals surface area contributed by atoms with Crippen molar-refractivity contribution in [2.75, 3.05) is 26.4 Å². The van der Waals surface area contributed by atoms with Crippen LogP contribution in [0.1, 0.15) is 53.4 Å². The van der Waals surface area contributed by atoms with E-state index in [1.54, 1.807) is 0 Å². The molecule has 0 aliphatic carbocycles. The third kappa shape index (κ3) is 6.81. The molecule has 0 atom stereocenters. The number of rotatable bonds is 13. The number of benzene rings is 2. The SMILES string of the molecule is CCCOc1cc(Br)c(-c2cc(OCCC)c(OCCC)cc2Br)cc1OCCC. The highest BCUT2D eigenvalue weighted by Crippen LogP contribution is 2.45. The highest BCUT2D eigenvalue weighted by molar-refractivity contribution is 9.11. The smallest absolute Gasteiger partial charge is 0.162 e. The fourth-order valence-corrected chi connectivity index (χ4v) is 3.85. The van der Waals surface area contributed by atoms with Gasteiger partial charge in [-0.05, 0) is 49.9 Å². The Morgan fingerprint density at radius 3 is 1.03 bits per heavy atom. The van der Waals surface area contributed by atoms with Gasteiger partial charge in [0.15, 0.2) is 23.0 Å². The lowest BCUT2D eigenvalue weighted by atomic mass is 10.0. The summed E-state index contributed by atoms with van der Waals surface area (Å²) in [5.41, 5.74) is 2.00. The molecular formula is C24H32Br2O4. The van der Waals surface area contributed by atoms with Crippen molar-refractivity contribution in [3.8, 4) is 34.1 Å². The molecule has 0 radical (unpaired) electrons. The van der Waals surface area contributed by atoms with Gasteiger partial charge in [-0.3, -0.25) is 0 Å². The average molecular weight is 544 g/mol. The molecular weight excluding hydrogens is 512 g/mol. The lowest BCUT2D eigenvalue weighted by molar-refractivity contribution is 0.268. The maximum atomic E-state index is 6.00. The summed E-state index contributed by atoms with van der Waals surface area (Å²) in [7, 11) is 0. The molecule has 0 unspecified atom stereocenters. The average Bonchev–Trinajstić information content (AvgIpc) is 2.74. The molecule has 2 rings (SSSR count). The normalized spacial score (nSPS) is 10.7. The van der Waals surface area contributed by atoms with E-state index in [1.807, 2.05) is 24.3 Å². The zero-order valence-corrected chi connectivity index (χ0v) is 21.5. The first kappa shape index (κ1) is 24.9. The van der Waals surface area contributed by atoms with Gasteiger partial charge in [0.25, 0.3) is 0 Å². The van der Waals surface area contributed by atoms with Gasteiger partial charge in [0, 0.05) is 20.1 Å². The fraction of sp³-hybridized carbons (Fsp3) is 0.500. The molecule has 0 aliphatic heterocycles. The minimum absolute atomic E-state index is 0.638. The van der Waals surface area contributed by atoms with E-state index in [0.717, 1.165) is 68.8 Å². The van der Waals surface area contributed by atoms with Crippen molar-refractivity contribution in [2.45, 2.75) is 53.4 Å². The molecule has 166 valence electrons. The molecule has 2 aromatic carbocycles. The Hall–Kier alpha value is -1.40. The van der Waals surface area contributed by atoms with Crippen LogP contribution in [0.2, 0.25) is 0 Å². The number of halogens is 2. The summed E-state index contributed by atoms with van der Waals surface area (Å²) in [6, 6.07) is 8.02. The van der Waals surface area contributed by atoms with Crippen LogP contribution >= 0.6 is 31.9 Å². The predicted molar refractivity (Wildman–Crippen MR) is 130 cm³/mol. The van der Waals surface area contributed by atoms with Gasteiger partial charge in [-0.1, -0.05) is 59.6 Å². The van der Waals surface area contributed by atoms with E-state index >= 15 is 0 Å². The van der Waals surface area contributed by atoms with Crippen molar-refractivity contribution in [2.24, 2.45) is 0 Å². The fourth-order valence-electron chi connectivity index (χ4n) is 2.78. The van der Waals surface area contributed by atoms with Gasteiger partial charge >= 0.3 is 0 Å². The van der Waals surface area contributed by atoms with E-state index in [-0.39, 0.29) is 0 Å². The van der Waals surface area contributed by atoms with Crippen molar-refractivity contribution in [3.05, 3.63) is 33.2 Å². The molecule has 6 heteroatoms. The van der Waals surface area contributed by atoms with E-state index < -0.39 is 0 Å². The lowest BCUT2D eigenvalue weighted by Crippen LogP contribution is -2.03. The monoisotopic (exact) mass is 542 g/mol. The predicted octanol–water partition coefficient (Wildman–Crippen LogP) is 8.03. The van der Waals surface area contributed by atoms with Crippen molar-refractivity contribution in [3.63, 3.8) is 0 Å². The Labute approximate surface area is 197 Å². The molecule has 0 bridgehead atoms. The minimum atomic E-state index is 0.638. The summed E-state index contributed by atoms with van der Waals surface area (Å²) in [6.45, 7) is 10.9. The Bertz CT molecular complexity index is 741. The zero-order valence-electron chi connectivity index (χ0n) is 18.4. The second-order valence-corrected chi connectivity index (χ2v) is 8.66. The molecule has 30 heavy (non-hydrogen) atoms. The van der Waals surface area contributed by atoms with Gasteiger partial charge in [-0.2, -0.15) is 0 Å². The standard InChI is InChI=1S/C24H32Br2O4/c1-5-9-27-21-13-17(19(25)15-23(21)29-11-7-3)18-14-22(28-10-6-2)24(16-20(18)26)30-12-8-4/h13-16H,5-12H2,1-4H3. The molecule has 0 fully saturated rings. The van der Waals surface area contributed by atoms with Gasteiger partial charge in [0.1, 0.15) is 0 Å². The largest absolute Gasteiger partial charge is 0.490 e. The van der Waals surface area contributed by atoms with Crippen LogP contribution in [-0.4, -0.2) is 26.4 Å². The molecule has 0 amide bonds. The second kappa shape index (κ2) is 13.1. The Balaban J connectivity index is 2.51. The summed E-state index contributed by atoms with van der Waals surface area (Å²) in [4.78, 5) is 0. The zero-order chi connectivity index (χ0) is 21.9. The molecule has 0 heterocycles. The molecule has 0 saturated heterocycles. The van der Waals surface area contributed by atoms with E-state index in [0.29, 0.717) is 26.4 Å². The van der Waals surface area contributed by atoms with Crippen LogP contribution in [0.15, 0.2) is 33.2 Å². The Kier molecular flexibility index (Phi) is 10.9. The van der Waals surface area contributed by atoms with Crippen molar-refractivity contribution < 1.29 is 18.9 Å². The number of hydrogen-bond acceptors (Lipinski definition) is 4. The summed E-state index contributed by atoms with van der Waals surface area (Å²) >= 11 is 7.44. The van der Waals surface area contributed by atoms with Gasteiger partial charge in [0.2, 0.25) is 0 Å². The molecule has 4 nitrogen and oxygen atoms in total. The van der Waals surface area contributed by atoms with Gasteiger partial charge in [0.05, 0.1) is 26.4 Å². The van der Waals surface area contributed by atoms with Crippen LogP contribution < -0.4 is 18.9 Å². The van der Waals surface area contributed by atoms with E-state index in [9.17, 15) is 0 Å².